The van der Waals surface area contributed by atoms with E-state index in [0.717, 1.165) is 35.5 Å². The fourth-order valence-electron chi connectivity index (χ4n) is 2.16. The van der Waals surface area contributed by atoms with Gasteiger partial charge >= 0.3 is 0 Å². The molecular formula is C11H11BrClN3O. The highest BCUT2D eigenvalue weighted by atomic mass is 79.9. The van der Waals surface area contributed by atoms with E-state index in [9.17, 15) is 0 Å². The van der Waals surface area contributed by atoms with Gasteiger partial charge in [-0.25, -0.2) is 4.98 Å². The monoisotopic (exact) mass is 315 g/mol. The third-order valence-electron chi connectivity index (χ3n) is 3.00. The lowest BCUT2D eigenvalue weighted by Gasteiger charge is -2.21. The Kier molecular flexibility index (Phi) is 2.77. The van der Waals surface area contributed by atoms with Crippen molar-refractivity contribution < 1.29 is 4.42 Å². The molecule has 0 saturated heterocycles. The Balaban J connectivity index is 2.10. The van der Waals surface area contributed by atoms with Crippen molar-refractivity contribution in [2.75, 3.05) is 0 Å². The van der Waals surface area contributed by atoms with Crippen LogP contribution in [0.25, 0.3) is 11.6 Å². The normalized spacial score (nSPS) is 19.4. The van der Waals surface area contributed by atoms with Crippen LogP contribution < -0.4 is 5.73 Å². The molecule has 4 nitrogen and oxygen atoms in total. The van der Waals surface area contributed by atoms with Gasteiger partial charge in [0.25, 0.3) is 0 Å². The topological polar surface area (TPSA) is 57.0 Å². The summed E-state index contributed by atoms with van der Waals surface area (Å²) >= 11 is 9.26. The molecule has 1 unspecified atom stereocenters. The van der Waals surface area contributed by atoms with Crippen molar-refractivity contribution in [2.45, 2.75) is 25.4 Å². The van der Waals surface area contributed by atoms with Gasteiger partial charge in [0.05, 0.1) is 5.69 Å². The van der Waals surface area contributed by atoms with Crippen LogP contribution in [0.2, 0.25) is 5.22 Å². The summed E-state index contributed by atoms with van der Waals surface area (Å²) in [7, 11) is 0. The molecule has 2 N–H and O–H groups in total. The number of nitrogens with zero attached hydrogens (tertiary/aromatic N) is 2. The molecule has 1 aliphatic heterocycles. The Morgan fingerprint density at radius 1 is 1.53 bits per heavy atom. The zero-order valence-electron chi connectivity index (χ0n) is 8.99. The van der Waals surface area contributed by atoms with E-state index in [1.165, 1.54) is 0 Å². The largest absolute Gasteiger partial charge is 0.441 e. The Hall–Kier alpha value is -0.780. The van der Waals surface area contributed by atoms with Gasteiger partial charge in [-0.05, 0) is 46.1 Å². The third-order valence-corrected chi connectivity index (χ3v) is 3.83. The fourth-order valence-corrected chi connectivity index (χ4v) is 2.85. The van der Waals surface area contributed by atoms with E-state index in [2.05, 4.69) is 25.5 Å². The van der Waals surface area contributed by atoms with Crippen LogP contribution in [0, 0.1) is 0 Å². The van der Waals surface area contributed by atoms with Crippen LogP contribution in [0.15, 0.2) is 21.2 Å². The van der Waals surface area contributed by atoms with Crippen LogP contribution in [-0.4, -0.2) is 15.6 Å². The van der Waals surface area contributed by atoms with Gasteiger partial charge in [0.2, 0.25) is 0 Å². The molecule has 1 aliphatic rings. The summed E-state index contributed by atoms with van der Waals surface area (Å²) in [6.07, 6.45) is 1.79. The molecule has 0 amide bonds. The molecular weight excluding hydrogens is 305 g/mol. The summed E-state index contributed by atoms with van der Waals surface area (Å²) in [4.78, 5) is 4.48. The molecule has 2 aromatic rings. The summed E-state index contributed by atoms with van der Waals surface area (Å²) in [6.45, 7) is 0.864. The maximum absolute atomic E-state index is 5.96. The molecule has 0 fully saturated rings. The van der Waals surface area contributed by atoms with Crippen LogP contribution >= 0.6 is 27.5 Å². The predicted octanol–water partition coefficient (Wildman–Crippen LogP) is 2.83. The Morgan fingerprint density at radius 2 is 2.35 bits per heavy atom. The number of imidazole rings is 1. The number of nitrogens with two attached hydrogens (primary N) is 1. The number of furan rings is 1. The lowest BCUT2D eigenvalue weighted by Crippen LogP contribution is -2.30. The Labute approximate surface area is 112 Å². The van der Waals surface area contributed by atoms with Gasteiger partial charge in [0, 0.05) is 19.0 Å². The van der Waals surface area contributed by atoms with E-state index in [1.54, 1.807) is 6.07 Å². The minimum atomic E-state index is 0.212. The van der Waals surface area contributed by atoms with Gasteiger partial charge in [0.15, 0.2) is 16.8 Å². The first kappa shape index (κ1) is 11.3. The van der Waals surface area contributed by atoms with Gasteiger partial charge in [-0.3, -0.25) is 0 Å². The van der Waals surface area contributed by atoms with Gasteiger partial charge in [-0.15, -0.1) is 0 Å². The third kappa shape index (κ3) is 1.92. The molecule has 0 aromatic carbocycles. The van der Waals surface area contributed by atoms with E-state index in [0.29, 0.717) is 11.0 Å². The molecule has 0 bridgehead atoms. The average Bonchev–Trinajstić information content (AvgIpc) is 2.84. The summed E-state index contributed by atoms with van der Waals surface area (Å²) in [5.41, 5.74) is 7.09. The molecule has 0 spiro atoms. The predicted molar refractivity (Wildman–Crippen MR) is 68.9 cm³/mol. The standard InChI is InChI=1S/C11H11BrClN3O/c12-10-7-5-6(14)3-4-16(7)11(15-10)8-1-2-9(13)17-8/h1-2,6H,3-5,14H2. The average molecular weight is 317 g/mol. The summed E-state index contributed by atoms with van der Waals surface area (Å²) in [6, 6.07) is 3.77. The highest BCUT2D eigenvalue weighted by molar-refractivity contribution is 9.10. The quantitative estimate of drug-likeness (QED) is 0.880. The minimum absolute atomic E-state index is 0.212. The fraction of sp³-hybridized carbons (Fsp3) is 0.364. The summed E-state index contributed by atoms with van der Waals surface area (Å²) < 4.78 is 8.39. The Bertz CT molecular complexity index is 563. The van der Waals surface area contributed by atoms with Crippen LogP contribution in [0.3, 0.4) is 0 Å². The molecule has 2 aromatic heterocycles. The Morgan fingerprint density at radius 3 is 3.06 bits per heavy atom. The van der Waals surface area contributed by atoms with E-state index < -0.39 is 0 Å². The van der Waals surface area contributed by atoms with Crippen molar-refractivity contribution in [3.05, 3.63) is 27.6 Å². The van der Waals surface area contributed by atoms with Gasteiger partial charge in [-0.2, -0.15) is 0 Å². The highest BCUT2D eigenvalue weighted by Crippen LogP contribution is 2.31. The molecule has 90 valence electrons. The molecule has 1 atom stereocenters. The number of hydrogen-bond donors (Lipinski definition) is 1. The van der Waals surface area contributed by atoms with E-state index in [4.69, 9.17) is 21.8 Å². The van der Waals surface area contributed by atoms with Crippen molar-refractivity contribution >= 4 is 27.5 Å². The van der Waals surface area contributed by atoms with E-state index in [1.807, 2.05) is 6.07 Å². The van der Waals surface area contributed by atoms with Crippen LogP contribution in [0.1, 0.15) is 12.1 Å². The minimum Gasteiger partial charge on any atom is -0.441 e. The molecule has 17 heavy (non-hydrogen) atoms. The first-order valence-electron chi connectivity index (χ1n) is 5.41. The van der Waals surface area contributed by atoms with Crippen LogP contribution in [-0.2, 0) is 13.0 Å². The van der Waals surface area contributed by atoms with Gasteiger partial charge < -0.3 is 14.7 Å². The number of aromatic nitrogens is 2. The van der Waals surface area contributed by atoms with Gasteiger partial charge in [0.1, 0.15) is 4.60 Å². The smallest absolute Gasteiger partial charge is 0.194 e. The van der Waals surface area contributed by atoms with Crippen LogP contribution in [0.4, 0.5) is 0 Å². The second-order valence-corrected chi connectivity index (χ2v) is 5.30. The van der Waals surface area contributed by atoms with Crippen molar-refractivity contribution in [1.82, 2.24) is 9.55 Å². The molecule has 0 radical (unpaired) electrons. The second-order valence-electron chi connectivity index (χ2n) is 4.18. The van der Waals surface area contributed by atoms with E-state index >= 15 is 0 Å². The zero-order chi connectivity index (χ0) is 12.0. The van der Waals surface area contributed by atoms with Crippen molar-refractivity contribution in [2.24, 2.45) is 5.73 Å². The van der Waals surface area contributed by atoms with Crippen molar-refractivity contribution in [1.29, 1.82) is 0 Å². The lowest BCUT2D eigenvalue weighted by atomic mass is 10.1. The van der Waals surface area contributed by atoms with E-state index in [-0.39, 0.29) is 6.04 Å². The first-order valence-corrected chi connectivity index (χ1v) is 6.58. The number of hydrogen-bond acceptors (Lipinski definition) is 3. The van der Waals surface area contributed by atoms with Crippen molar-refractivity contribution in [3.8, 4) is 11.6 Å². The van der Waals surface area contributed by atoms with Crippen LogP contribution in [0.5, 0.6) is 0 Å². The molecule has 3 rings (SSSR count). The van der Waals surface area contributed by atoms with Gasteiger partial charge in [-0.1, -0.05) is 0 Å². The first-order chi connectivity index (χ1) is 8.15. The molecule has 0 saturated carbocycles. The summed E-state index contributed by atoms with van der Waals surface area (Å²) in [5.74, 6) is 1.50. The molecule has 3 heterocycles. The number of fused-ring (bicyclic) bond motifs is 1. The second kappa shape index (κ2) is 4.15. The zero-order valence-corrected chi connectivity index (χ0v) is 11.3. The highest BCUT2D eigenvalue weighted by Gasteiger charge is 2.24. The maximum Gasteiger partial charge on any atom is 0.194 e. The SMILES string of the molecule is NC1CCn2c(-c3ccc(Cl)o3)nc(Br)c2C1. The molecule has 6 heteroatoms. The number of halogens is 2. The lowest BCUT2D eigenvalue weighted by molar-refractivity contribution is 0.468. The maximum atomic E-state index is 5.96. The molecule has 0 aliphatic carbocycles. The summed E-state index contributed by atoms with van der Waals surface area (Å²) in [5, 5.41) is 0.376. The number of rotatable bonds is 1. The van der Waals surface area contributed by atoms with Crippen molar-refractivity contribution in [3.63, 3.8) is 0 Å².